The third-order valence-corrected chi connectivity index (χ3v) is 5.85. The molecule has 0 saturated heterocycles. The Hall–Kier alpha value is -1.40. The quantitative estimate of drug-likeness (QED) is 0.799. The molecule has 1 fully saturated rings. The van der Waals surface area contributed by atoms with E-state index in [1.165, 1.54) is 23.4 Å². The van der Waals surface area contributed by atoms with E-state index in [9.17, 15) is 13.2 Å². The molecule has 1 saturated carbocycles. The van der Waals surface area contributed by atoms with Crippen LogP contribution in [0.25, 0.3) is 0 Å². The van der Waals surface area contributed by atoms with Crippen LogP contribution in [0.2, 0.25) is 0 Å². The second-order valence-electron chi connectivity index (χ2n) is 6.69. The summed E-state index contributed by atoms with van der Waals surface area (Å²) in [4.78, 5) is 12.2. The van der Waals surface area contributed by atoms with Crippen molar-refractivity contribution < 1.29 is 13.2 Å². The lowest BCUT2D eigenvalue weighted by Gasteiger charge is -2.28. The molecule has 1 aromatic carbocycles. The third kappa shape index (κ3) is 5.91. The van der Waals surface area contributed by atoms with E-state index < -0.39 is 10.0 Å². The lowest BCUT2D eigenvalue weighted by molar-refractivity contribution is -0.116. The van der Waals surface area contributed by atoms with Gasteiger partial charge in [-0.05, 0) is 37.5 Å². The molecule has 6 heteroatoms. The van der Waals surface area contributed by atoms with E-state index >= 15 is 0 Å². The highest BCUT2D eigenvalue weighted by atomic mass is 32.2. The van der Waals surface area contributed by atoms with Gasteiger partial charge in [0, 0.05) is 24.7 Å². The lowest BCUT2D eigenvalue weighted by Crippen LogP contribution is -2.41. The van der Waals surface area contributed by atoms with Crippen molar-refractivity contribution >= 4 is 21.6 Å². The number of carbonyl (C=O) groups is 1. The van der Waals surface area contributed by atoms with Crippen molar-refractivity contribution in [3.8, 4) is 0 Å². The van der Waals surface area contributed by atoms with Crippen LogP contribution in [-0.4, -0.2) is 37.5 Å². The van der Waals surface area contributed by atoms with E-state index in [0.29, 0.717) is 0 Å². The van der Waals surface area contributed by atoms with Crippen LogP contribution < -0.4 is 5.32 Å². The van der Waals surface area contributed by atoms with Crippen LogP contribution in [0.1, 0.15) is 50.5 Å². The predicted octanol–water partition coefficient (Wildman–Crippen LogP) is 3.31. The summed E-state index contributed by atoms with van der Waals surface area (Å²) in [6.07, 6.45) is 7.68. The van der Waals surface area contributed by atoms with E-state index in [1.807, 2.05) is 31.2 Å². The van der Waals surface area contributed by atoms with Gasteiger partial charge >= 0.3 is 0 Å². The number of nitrogens with zero attached hydrogens (tertiary/aromatic N) is 1. The minimum Gasteiger partial charge on any atom is -0.326 e. The van der Waals surface area contributed by atoms with Crippen LogP contribution in [-0.2, 0) is 14.8 Å². The molecule has 1 aromatic rings. The van der Waals surface area contributed by atoms with Crippen molar-refractivity contribution in [2.45, 2.75) is 57.9 Å². The average Bonchev–Trinajstić information content (AvgIpc) is 2.75. The van der Waals surface area contributed by atoms with Crippen LogP contribution in [0.3, 0.4) is 0 Å². The Morgan fingerprint density at radius 1 is 1.21 bits per heavy atom. The molecule has 5 nitrogen and oxygen atoms in total. The summed E-state index contributed by atoms with van der Waals surface area (Å²) in [6.45, 7) is 2.22. The maximum Gasteiger partial charge on any atom is 0.225 e. The SMILES string of the molecule is Cc1cccc(NC(=O)CCN(C2CCCCCC2)S(C)(=O)=O)c1. The molecule has 0 radical (unpaired) electrons. The summed E-state index contributed by atoms with van der Waals surface area (Å²) in [5, 5.41) is 2.84. The van der Waals surface area contributed by atoms with Crippen LogP contribution in [0.4, 0.5) is 5.69 Å². The fraction of sp³-hybridized carbons (Fsp3) is 0.611. The van der Waals surface area contributed by atoms with Crippen molar-refractivity contribution in [1.29, 1.82) is 0 Å². The monoisotopic (exact) mass is 352 g/mol. The number of hydrogen-bond acceptors (Lipinski definition) is 3. The van der Waals surface area contributed by atoms with Gasteiger partial charge in [-0.25, -0.2) is 8.42 Å². The normalized spacial score (nSPS) is 16.8. The lowest BCUT2D eigenvalue weighted by atomic mass is 10.1. The number of rotatable bonds is 6. The predicted molar refractivity (Wildman–Crippen MR) is 97.5 cm³/mol. The second-order valence-corrected chi connectivity index (χ2v) is 8.62. The number of nitrogens with one attached hydrogen (secondary N) is 1. The van der Waals surface area contributed by atoms with Gasteiger partial charge in [0.05, 0.1) is 6.26 Å². The van der Waals surface area contributed by atoms with Gasteiger partial charge in [0.1, 0.15) is 0 Å². The molecule has 24 heavy (non-hydrogen) atoms. The number of sulfonamides is 1. The van der Waals surface area contributed by atoms with Gasteiger partial charge in [-0.1, -0.05) is 37.8 Å². The number of amides is 1. The molecule has 0 bridgehead atoms. The van der Waals surface area contributed by atoms with Gasteiger partial charge in [0.15, 0.2) is 0 Å². The Balaban J connectivity index is 1.95. The Labute approximate surface area is 145 Å². The van der Waals surface area contributed by atoms with Crippen LogP contribution in [0, 0.1) is 6.92 Å². The standard InChI is InChI=1S/C18H28N2O3S/c1-15-8-7-9-16(14-15)19-18(21)12-13-20(24(2,22)23)17-10-5-3-4-6-11-17/h7-9,14,17H,3-6,10-13H2,1-2H3,(H,19,21). The zero-order valence-corrected chi connectivity index (χ0v) is 15.4. The molecule has 2 rings (SSSR count). The van der Waals surface area contributed by atoms with Gasteiger partial charge in [0.25, 0.3) is 0 Å². The number of benzene rings is 1. The number of carbonyl (C=O) groups excluding carboxylic acids is 1. The molecule has 0 aromatic heterocycles. The van der Waals surface area contributed by atoms with E-state index in [1.54, 1.807) is 0 Å². The second kappa shape index (κ2) is 8.62. The Morgan fingerprint density at radius 2 is 1.88 bits per heavy atom. The van der Waals surface area contributed by atoms with Gasteiger partial charge < -0.3 is 5.32 Å². The number of aryl methyl sites for hydroxylation is 1. The minimum absolute atomic E-state index is 0.0364. The molecule has 1 amide bonds. The first-order valence-corrected chi connectivity index (χ1v) is 10.5. The van der Waals surface area contributed by atoms with Crippen LogP contribution >= 0.6 is 0 Å². The number of anilines is 1. The molecule has 0 aliphatic heterocycles. The molecular weight excluding hydrogens is 324 g/mol. The van der Waals surface area contributed by atoms with Crippen molar-refractivity contribution in [3.05, 3.63) is 29.8 Å². The van der Waals surface area contributed by atoms with Crippen molar-refractivity contribution in [2.75, 3.05) is 18.1 Å². The van der Waals surface area contributed by atoms with E-state index in [0.717, 1.165) is 36.9 Å². The maximum absolute atomic E-state index is 12.2. The first-order valence-electron chi connectivity index (χ1n) is 8.69. The van der Waals surface area contributed by atoms with Crippen molar-refractivity contribution in [3.63, 3.8) is 0 Å². The molecule has 0 heterocycles. The van der Waals surface area contributed by atoms with Crippen LogP contribution in [0.5, 0.6) is 0 Å². The highest BCUT2D eigenvalue weighted by Gasteiger charge is 2.27. The van der Waals surface area contributed by atoms with E-state index in [4.69, 9.17) is 0 Å². The molecule has 0 spiro atoms. The zero-order valence-electron chi connectivity index (χ0n) is 14.6. The molecule has 1 N–H and O–H groups in total. The van der Waals surface area contributed by atoms with Crippen molar-refractivity contribution in [2.24, 2.45) is 0 Å². The first-order chi connectivity index (χ1) is 11.4. The summed E-state index contributed by atoms with van der Waals surface area (Å²) in [5.74, 6) is -0.150. The summed E-state index contributed by atoms with van der Waals surface area (Å²) in [5.41, 5.74) is 1.82. The minimum atomic E-state index is -3.30. The third-order valence-electron chi connectivity index (χ3n) is 4.52. The Kier molecular flexibility index (Phi) is 6.80. The van der Waals surface area contributed by atoms with E-state index in [2.05, 4.69) is 5.32 Å². The molecule has 1 aliphatic rings. The zero-order chi connectivity index (χ0) is 17.6. The summed E-state index contributed by atoms with van der Waals surface area (Å²) in [6, 6.07) is 7.63. The van der Waals surface area contributed by atoms with Gasteiger partial charge in [-0.2, -0.15) is 4.31 Å². The van der Waals surface area contributed by atoms with E-state index in [-0.39, 0.29) is 24.9 Å². The molecule has 134 valence electrons. The first kappa shape index (κ1) is 18.9. The smallest absolute Gasteiger partial charge is 0.225 e. The highest BCUT2D eigenvalue weighted by Crippen LogP contribution is 2.24. The molecule has 0 unspecified atom stereocenters. The Morgan fingerprint density at radius 3 is 2.46 bits per heavy atom. The summed E-state index contributed by atoms with van der Waals surface area (Å²) >= 11 is 0. The fourth-order valence-electron chi connectivity index (χ4n) is 3.32. The number of hydrogen-bond donors (Lipinski definition) is 1. The largest absolute Gasteiger partial charge is 0.326 e. The van der Waals surface area contributed by atoms with Gasteiger partial charge in [-0.3, -0.25) is 4.79 Å². The maximum atomic E-state index is 12.2. The molecule has 0 atom stereocenters. The van der Waals surface area contributed by atoms with Crippen LogP contribution in [0.15, 0.2) is 24.3 Å². The van der Waals surface area contributed by atoms with Gasteiger partial charge in [-0.15, -0.1) is 0 Å². The topological polar surface area (TPSA) is 66.5 Å². The molecule has 1 aliphatic carbocycles. The van der Waals surface area contributed by atoms with Gasteiger partial charge in [0.2, 0.25) is 15.9 Å². The summed E-state index contributed by atoms with van der Waals surface area (Å²) < 4.78 is 25.8. The summed E-state index contributed by atoms with van der Waals surface area (Å²) in [7, 11) is -3.30. The fourth-order valence-corrected chi connectivity index (χ4v) is 4.50. The Bertz CT molecular complexity index is 650. The van der Waals surface area contributed by atoms with Crippen molar-refractivity contribution in [1.82, 2.24) is 4.31 Å². The molecular formula is C18H28N2O3S. The highest BCUT2D eigenvalue weighted by molar-refractivity contribution is 7.88. The average molecular weight is 353 g/mol.